The summed E-state index contributed by atoms with van der Waals surface area (Å²) in [5.41, 5.74) is -0.232. The van der Waals surface area contributed by atoms with Crippen LogP contribution in [0.25, 0.3) is 0 Å². The predicted octanol–water partition coefficient (Wildman–Crippen LogP) is 2.77. The molecular formula is C9H6F4O2. The molecule has 0 amide bonds. The largest absolute Gasteiger partial charge is 0.432 e. The lowest BCUT2D eigenvalue weighted by Gasteiger charge is -2.07. The third kappa shape index (κ3) is 2.68. The lowest BCUT2D eigenvalue weighted by atomic mass is 10.1. The van der Waals surface area contributed by atoms with Crippen molar-refractivity contribution in [2.24, 2.45) is 0 Å². The van der Waals surface area contributed by atoms with Gasteiger partial charge in [0, 0.05) is 5.56 Å². The number of rotatable bonds is 3. The summed E-state index contributed by atoms with van der Waals surface area (Å²) in [7, 11) is 0. The second kappa shape index (κ2) is 4.29. The zero-order chi connectivity index (χ0) is 11.6. The number of Topliss-reactive ketones (excluding diaryl/α,β-unsaturated/α-hetero) is 1. The van der Waals surface area contributed by atoms with E-state index in [9.17, 15) is 22.4 Å². The fourth-order valence-electron chi connectivity index (χ4n) is 0.949. The maximum absolute atomic E-state index is 12.9. The van der Waals surface area contributed by atoms with Gasteiger partial charge in [-0.15, -0.1) is 0 Å². The lowest BCUT2D eigenvalue weighted by molar-refractivity contribution is -0.0525. The van der Waals surface area contributed by atoms with Crippen LogP contribution in [-0.4, -0.2) is 12.4 Å². The number of hydrogen-bond donors (Lipinski definition) is 0. The topological polar surface area (TPSA) is 26.3 Å². The van der Waals surface area contributed by atoms with Gasteiger partial charge in [0.05, 0.1) is 0 Å². The molecule has 0 aliphatic carbocycles. The van der Waals surface area contributed by atoms with Crippen LogP contribution in [-0.2, 0) is 0 Å². The maximum atomic E-state index is 12.9. The highest BCUT2D eigenvalue weighted by molar-refractivity contribution is 5.94. The number of carbonyl (C=O) groups is 1. The van der Waals surface area contributed by atoms with Crippen LogP contribution in [0.5, 0.6) is 5.75 Å². The maximum Gasteiger partial charge on any atom is 0.387 e. The summed E-state index contributed by atoms with van der Waals surface area (Å²) in [6, 6.07) is 1.35. The predicted molar refractivity (Wildman–Crippen MR) is 43.0 cm³/mol. The third-order valence-electron chi connectivity index (χ3n) is 1.62. The minimum atomic E-state index is -3.28. The Kier molecular flexibility index (Phi) is 3.28. The molecule has 0 aliphatic rings. The minimum absolute atomic E-state index is 0.232. The summed E-state index contributed by atoms with van der Waals surface area (Å²) < 4.78 is 52.9. The van der Waals surface area contributed by atoms with E-state index in [4.69, 9.17) is 0 Å². The molecule has 1 aromatic rings. The van der Waals surface area contributed by atoms with Gasteiger partial charge in [-0.2, -0.15) is 13.2 Å². The normalized spacial score (nSPS) is 10.5. The van der Waals surface area contributed by atoms with Crippen LogP contribution in [0.3, 0.4) is 0 Å². The zero-order valence-electron chi connectivity index (χ0n) is 7.56. The molecular weight excluding hydrogens is 216 g/mol. The Balaban J connectivity index is 3.19. The van der Waals surface area contributed by atoms with E-state index < -0.39 is 29.8 Å². The van der Waals surface area contributed by atoms with Gasteiger partial charge in [-0.05, 0) is 19.1 Å². The first-order valence-electron chi connectivity index (χ1n) is 3.86. The molecule has 0 heterocycles. The van der Waals surface area contributed by atoms with Crippen LogP contribution in [0.2, 0.25) is 0 Å². The molecule has 0 saturated heterocycles. The van der Waals surface area contributed by atoms with Gasteiger partial charge in [0.25, 0.3) is 0 Å². The van der Waals surface area contributed by atoms with Gasteiger partial charge in [0.1, 0.15) is 0 Å². The molecule has 6 heteroatoms. The molecule has 0 unspecified atom stereocenters. The smallest absolute Gasteiger partial charge is 0.387 e. The Bertz CT molecular complexity index is 390. The van der Waals surface area contributed by atoms with Crippen molar-refractivity contribution in [1.29, 1.82) is 0 Å². The number of benzene rings is 1. The van der Waals surface area contributed by atoms with Crippen LogP contribution < -0.4 is 4.74 Å². The third-order valence-corrected chi connectivity index (χ3v) is 1.62. The van der Waals surface area contributed by atoms with Crippen molar-refractivity contribution in [2.75, 3.05) is 0 Å². The minimum Gasteiger partial charge on any atom is -0.432 e. The van der Waals surface area contributed by atoms with E-state index in [1.807, 2.05) is 0 Å². The molecule has 2 nitrogen and oxygen atoms in total. The van der Waals surface area contributed by atoms with E-state index in [-0.39, 0.29) is 5.56 Å². The summed E-state index contributed by atoms with van der Waals surface area (Å²) >= 11 is 0. The molecule has 0 atom stereocenters. The molecule has 0 aliphatic heterocycles. The standard InChI is InChI=1S/C9H6F4O2/c1-4(14)5-2-6(10)8(11)7(3-5)15-9(12)13/h2-3,9H,1H3. The molecule has 0 N–H and O–H groups in total. The van der Waals surface area contributed by atoms with Crippen LogP contribution in [0.1, 0.15) is 17.3 Å². The van der Waals surface area contributed by atoms with E-state index in [1.54, 1.807) is 0 Å². The lowest BCUT2D eigenvalue weighted by Crippen LogP contribution is -2.06. The summed E-state index contributed by atoms with van der Waals surface area (Å²) in [6.07, 6.45) is 0. The summed E-state index contributed by atoms with van der Waals surface area (Å²) in [5.74, 6) is -4.50. The molecule has 1 aromatic carbocycles. The first-order valence-corrected chi connectivity index (χ1v) is 3.86. The van der Waals surface area contributed by atoms with Crippen LogP contribution in [0.4, 0.5) is 17.6 Å². The molecule has 0 fully saturated rings. The van der Waals surface area contributed by atoms with E-state index in [0.29, 0.717) is 6.07 Å². The number of hydrogen-bond acceptors (Lipinski definition) is 2. The van der Waals surface area contributed by atoms with Crippen molar-refractivity contribution >= 4 is 5.78 Å². The fraction of sp³-hybridized carbons (Fsp3) is 0.222. The highest BCUT2D eigenvalue weighted by atomic mass is 19.3. The molecule has 0 aromatic heterocycles. The quantitative estimate of drug-likeness (QED) is 0.580. The SMILES string of the molecule is CC(=O)c1cc(F)c(F)c(OC(F)F)c1. The van der Waals surface area contributed by atoms with Crippen LogP contribution in [0, 0.1) is 11.6 Å². The zero-order valence-corrected chi connectivity index (χ0v) is 7.56. The summed E-state index contributed by atoms with van der Waals surface area (Å²) in [6.45, 7) is -2.18. The number of carbonyl (C=O) groups excluding carboxylic acids is 1. The Morgan fingerprint density at radius 3 is 2.40 bits per heavy atom. The van der Waals surface area contributed by atoms with E-state index in [0.717, 1.165) is 13.0 Å². The fourth-order valence-corrected chi connectivity index (χ4v) is 0.949. The first kappa shape index (κ1) is 11.5. The summed E-state index contributed by atoms with van der Waals surface area (Å²) in [5, 5.41) is 0. The van der Waals surface area contributed by atoms with E-state index in [1.165, 1.54) is 0 Å². The second-order valence-corrected chi connectivity index (χ2v) is 2.70. The Morgan fingerprint density at radius 2 is 1.93 bits per heavy atom. The molecule has 0 bridgehead atoms. The molecule has 0 radical (unpaired) electrons. The van der Waals surface area contributed by atoms with Gasteiger partial charge in [-0.3, -0.25) is 4.79 Å². The van der Waals surface area contributed by atoms with Gasteiger partial charge in [0.2, 0.25) is 5.82 Å². The number of alkyl halides is 2. The highest BCUT2D eigenvalue weighted by Gasteiger charge is 2.16. The van der Waals surface area contributed by atoms with Gasteiger partial charge < -0.3 is 4.74 Å². The van der Waals surface area contributed by atoms with Crippen molar-refractivity contribution in [1.82, 2.24) is 0 Å². The van der Waals surface area contributed by atoms with E-state index in [2.05, 4.69) is 4.74 Å². The molecule has 1 rings (SSSR count). The molecule has 15 heavy (non-hydrogen) atoms. The average molecular weight is 222 g/mol. The Labute approximate surface area is 82.5 Å². The van der Waals surface area contributed by atoms with Gasteiger partial charge in [-0.25, -0.2) is 4.39 Å². The molecule has 82 valence electrons. The Hall–Kier alpha value is -1.59. The first-order chi connectivity index (χ1) is 6.91. The van der Waals surface area contributed by atoms with Crippen molar-refractivity contribution in [2.45, 2.75) is 13.5 Å². The van der Waals surface area contributed by atoms with Gasteiger partial charge in [-0.1, -0.05) is 0 Å². The van der Waals surface area contributed by atoms with Crippen molar-refractivity contribution in [3.63, 3.8) is 0 Å². The number of halogens is 4. The van der Waals surface area contributed by atoms with Crippen LogP contribution >= 0.6 is 0 Å². The number of ether oxygens (including phenoxy) is 1. The summed E-state index contributed by atoms with van der Waals surface area (Å²) in [4.78, 5) is 10.8. The number of ketones is 1. The molecule has 0 spiro atoms. The average Bonchev–Trinajstić information content (AvgIpc) is 2.11. The van der Waals surface area contributed by atoms with Crippen molar-refractivity contribution < 1.29 is 27.1 Å². The van der Waals surface area contributed by atoms with Gasteiger partial charge in [0.15, 0.2) is 17.3 Å². The van der Waals surface area contributed by atoms with Crippen molar-refractivity contribution in [3.05, 3.63) is 29.3 Å². The molecule has 0 saturated carbocycles. The van der Waals surface area contributed by atoms with Gasteiger partial charge >= 0.3 is 6.61 Å². The van der Waals surface area contributed by atoms with Crippen LogP contribution in [0.15, 0.2) is 12.1 Å². The van der Waals surface area contributed by atoms with E-state index >= 15 is 0 Å². The highest BCUT2D eigenvalue weighted by Crippen LogP contribution is 2.24. The Morgan fingerprint density at radius 1 is 1.33 bits per heavy atom. The monoisotopic (exact) mass is 222 g/mol. The second-order valence-electron chi connectivity index (χ2n) is 2.70. The van der Waals surface area contributed by atoms with Crippen molar-refractivity contribution in [3.8, 4) is 5.75 Å².